The molecule has 0 saturated heterocycles. The summed E-state index contributed by atoms with van der Waals surface area (Å²) in [5.41, 5.74) is 0.566. The minimum atomic E-state index is -3.90. The monoisotopic (exact) mass is 385 g/mol. The summed E-state index contributed by atoms with van der Waals surface area (Å²) in [4.78, 5) is -0.0505. The quantitative estimate of drug-likeness (QED) is 0.759. The van der Waals surface area contributed by atoms with Gasteiger partial charge in [0.25, 0.3) is 0 Å². The molecule has 3 atom stereocenters. The lowest BCUT2D eigenvalue weighted by molar-refractivity contribution is 0.112. The van der Waals surface area contributed by atoms with Crippen molar-refractivity contribution in [2.75, 3.05) is 0 Å². The van der Waals surface area contributed by atoms with E-state index in [0.717, 1.165) is 12.1 Å². The van der Waals surface area contributed by atoms with Crippen molar-refractivity contribution in [2.45, 2.75) is 37.3 Å². The van der Waals surface area contributed by atoms with Crippen LogP contribution in [0.3, 0.4) is 0 Å². The molecule has 2 rings (SSSR count). The third kappa shape index (κ3) is 5.01. The van der Waals surface area contributed by atoms with Gasteiger partial charge in [0.05, 0.1) is 17.0 Å². The zero-order chi connectivity index (χ0) is 18.6. The molecule has 0 aromatic heterocycles. The molecule has 2 aromatic rings. The van der Waals surface area contributed by atoms with Gasteiger partial charge < -0.3 is 5.11 Å². The first-order chi connectivity index (χ1) is 11.7. The van der Waals surface area contributed by atoms with Crippen LogP contribution in [-0.4, -0.2) is 19.6 Å². The van der Waals surface area contributed by atoms with Gasteiger partial charge in [-0.05, 0) is 47.9 Å². The van der Waals surface area contributed by atoms with Gasteiger partial charge >= 0.3 is 0 Å². The van der Waals surface area contributed by atoms with Gasteiger partial charge in [0.15, 0.2) is 0 Å². The molecule has 0 saturated carbocycles. The Morgan fingerprint density at radius 3 is 2.20 bits per heavy atom. The molecule has 0 aliphatic rings. The Hall–Kier alpha value is -1.47. The molecular formula is C18H21ClFNO3S. The summed E-state index contributed by atoms with van der Waals surface area (Å²) in [6.07, 6.45) is -0.371. The first-order valence-electron chi connectivity index (χ1n) is 7.96. The van der Waals surface area contributed by atoms with Crippen molar-refractivity contribution in [1.29, 1.82) is 0 Å². The third-order valence-electron chi connectivity index (χ3n) is 4.22. The van der Waals surface area contributed by atoms with Crippen molar-refractivity contribution in [3.8, 4) is 0 Å². The molecule has 2 N–H and O–H groups in total. The van der Waals surface area contributed by atoms with Crippen LogP contribution in [0, 0.1) is 11.7 Å². The second-order valence-electron chi connectivity index (χ2n) is 5.98. The lowest BCUT2D eigenvalue weighted by Crippen LogP contribution is -2.43. The first-order valence-corrected chi connectivity index (χ1v) is 9.82. The van der Waals surface area contributed by atoms with Crippen molar-refractivity contribution >= 4 is 21.6 Å². The van der Waals surface area contributed by atoms with E-state index in [1.54, 1.807) is 24.3 Å². The standard InChI is InChI=1S/C18H21ClFNO3S/c1-3-12(2)17(18(22)13-4-6-14(19)7-5-13)21-25(23,24)16-10-8-15(20)9-11-16/h4-12,17-18,21-22H,3H2,1-2H3. The zero-order valence-corrected chi connectivity index (χ0v) is 15.6. The smallest absolute Gasteiger partial charge is 0.240 e. The van der Waals surface area contributed by atoms with Crippen molar-refractivity contribution in [2.24, 2.45) is 5.92 Å². The number of nitrogens with one attached hydrogen (secondary N) is 1. The minimum Gasteiger partial charge on any atom is -0.387 e. The van der Waals surface area contributed by atoms with Crippen LogP contribution in [0.5, 0.6) is 0 Å². The molecular weight excluding hydrogens is 365 g/mol. The third-order valence-corrected chi connectivity index (χ3v) is 5.95. The summed E-state index contributed by atoms with van der Waals surface area (Å²) in [5, 5.41) is 11.2. The maximum atomic E-state index is 13.0. The molecule has 0 radical (unpaired) electrons. The Bertz CT molecular complexity index is 794. The van der Waals surface area contributed by atoms with Gasteiger partial charge in [0, 0.05) is 5.02 Å². The van der Waals surface area contributed by atoms with E-state index >= 15 is 0 Å². The highest BCUT2D eigenvalue weighted by Crippen LogP contribution is 2.26. The maximum Gasteiger partial charge on any atom is 0.240 e. The highest BCUT2D eigenvalue weighted by atomic mass is 35.5. The van der Waals surface area contributed by atoms with Crippen molar-refractivity contribution < 1.29 is 17.9 Å². The van der Waals surface area contributed by atoms with Crippen LogP contribution in [0.4, 0.5) is 4.39 Å². The van der Waals surface area contributed by atoms with Gasteiger partial charge in [0.1, 0.15) is 5.82 Å². The number of aliphatic hydroxyl groups excluding tert-OH is 1. The largest absolute Gasteiger partial charge is 0.387 e. The fourth-order valence-electron chi connectivity index (χ4n) is 2.47. The summed E-state index contributed by atoms with van der Waals surface area (Å²) in [5.74, 6) is -0.639. The van der Waals surface area contributed by atoms with Gasteiger partial charge in [-0.25, -0.2) is 17.5 Å². The van der Waals surface area contributed by atoms with Crippen LogP contribution in [0.2, 0.25) is 5.02 Å². The van der Waals surface area contributed by atoms with Crippen LogP contribution in [-0.2, 0) is 10.0 Å². The molecule has 25 heavy (non-hydrogen) atoms. The number of halogens is 2. The van der Waals surface area contributed by atoms with Crippen LogP contribution >= 0.6 is 11.6 Å². The van der Waals surface area contributed by atoms with Crippen LogP contribution in [0.25, 0.3) is 0 Å². The van der Waals surface area contributed by atoms with E-state index in [1.807, 2.05) is 13.8 Å². The lowest BCUT2D eigenvalue weighted by Gasteiger charge is -2.29. The Morgan fingerprint density at radius 2 is 1.68 bits per heavy atom. The molecule has 0 bridgehead atoms. The number of sulfonamides is 1. The van der Waals surface area contributed by atoms with E-state index in [0.29, 0.717) is 17.0 Å². The van der Waals surface area contributed by atoms with Gasteiger partial charge in [-0.1, -0.05) is 44.0 Å². The van der Waals surface area contributed by atoms with Crippen LogP contribution in [0.1, 0.15) is 31.9 Å². The molecule has 0 heterocycles. The fraction of sp³-hybridized carbons (Fsp3) is 0.333. The summed E-state index contributed by atoms with van der Waals surface area (Å²) in [6, 6.07) is 10.4. The van der Waals surface area contributed by atoms with Crippen LogP contribution < -0.4 is 4.72 Å². The number of benzene rings is 2. The molecule has 7 heteroatoms. The van der Waals surface area contributed by atoms with Crippen molar-refractivity contribution in [3.63, 3.8) is 0 Å². The highest BCUT2D eigenvalue weighted by Gasteiger charge is 2.30. The highest BCUT2D eigenvalue weighted by molar-refractivity contribution is 7.89. The average molecular weight is 386 g/mol. The number of hydrogen-bond donors (Lipinski definition) is 2. The second-order valence-corrected chi connectivity index (χ2v) is 8.13. The summed E-state index contributed by atoms with van der Waals surface area (Å²) >= 11 is 5.86. The molecule has 0 amide bonds. The Balaban J connectivity index is 2.31. The molecule has 0 fully saturated rings. The molecule has 4 nitrogen and oxygen atoms in total. The van der Waals surface area contributed by atoms with Gasteiger partial charge in [-0.15, -0.1) is 0 Å². The lowest BCUT2D eigenvalue weighted by atomic mass is 9.91. The minimum absolute atomic E-state index is 0.0505. The molecule has 2 aromatic carbocycles. The van der Waals surface area contributed by atoms with E-state index in [2.05, 4.69) is 4.72 Å². The van der Waals surface area contributed by atoms with E-state index in [4.69, 9.17) is 11.6 Å². The molecule has 0 spiro atoms. The van der Waals surface area contributed by atoms with E-state index in [1.165, 1.54) is 12.1 Å². The topological polar surface area (TPSA) is 66.4 Å². The normalized spacial score (nSPS) is 15.6. The predicted octanol–water partition coefficient (Wildman–Crippen LogP) is 3.91. The van der Waals surface area contributed by atoms with Crippen LogP contribution in [0.15, 0.2) is 53.4 Å². The molecule has 0 aliphatic carbocycles. The molecule has 0 aliphatic heterocycles. The van der Waals surface area contributed by atoms with E-state index < -0.39 is 28.0 Å². The average Bonchev–Trinajstić information content (AvgIpc) is 2.59. The van der Waals surface area contributed by atoms with Gasteiger partial charge in [-0.3, -0.25) is 0 Å². The number of hydrogen-bond acceptors (Lipinski definition) is 3. The molecule has 3 unspecified atom stereocenters. The SMILES string of the molecule is CCC(C)C(NS(=O)(=O)c1ccc(F)cc1)C(O)c1ccc(Cl)cc1. The van der Waals surface area contributed by atoms with Crippen molar-refractivity contribution in [3.05, 3.63) is 64.9 Å². The first kappa shape index (κ1) is 19.8. The maximum absolute atomic E-state index is 13.0. The summed E-state index contributed by atoms with van der Waals surface area (Å²) < 4.78 is 40.8. The fourth-order valence-corrected chi connectivity index (χ4v) is 3.95. The van der Waals surface area contributed by atoms with Gasteiger partial charge in [0.2, 0.25) is 10.0 Å². The predicted molar refractivity (Wildman–Crippen MR) is 96.4 cm³/mol. The van der Waals surface area contributed by atoms with E-state index in [9.17, 15) is 17.9 Å². The molecule has 136 valence electrons. The Morgan fingerprint density at radius 1 is 1.12 bits per heavy atom. The zero-order valence-electron chi connectivity index (χ0n) is 14.0. The number of aliphatic hydroxyl groups is 1. The van der Waals surface area contributed by atoms with Crippen molar-refractivity contribution in [1.82, 2.24) is 4.72 Å². The van der Waals surface area contributed by atoms with E-state index in [-0.39, 0.29) is 10.8 Å². The Labute approximate surface area is 152 Å². The van der Waals surface area contributed by atoms with Gasteiger partial charge in [-0.2, -0.15) is 0 Å². The Kier molecular flexibility index (Phi) is 6.57. The summed E-state index contributed by atoms with van der Waals surface area (Å²) in [7, 11) is -3.90. The summed E-state index contributed by atoms with van der Waals surface area (Å²) in [6.45, 7) is 3.77. The second kappa shape index (κ2) is 8.27. The number of rotatable bonds is 7.